The first-order valence-corrected chi connectivity index (χ1v) is 10.9. The Kier molecular flexibility index (Phi) is 6.37. The normalized spacial score (nSPS) is 10.7. The maximum absolute atomic E-state index is 12.4. The Bertz CT molecular complexity index is 1230. The van der Waals surface area contributed by atoms with Crippen molar-refractivity contribution in [1.82, 2.24) is 20.0 Å². The second kappa shape index (κ2) is 9.52. The van der Waals surface area contributed by atoms with Crippen molar-refractivity contribution >= 4 is 28.9 Å². The molecule has 0 aliphatic rings. The molecule has 8 nitrogen and oxygen atoms in total. The van der Waals surface area contributed by atoms with Crippen LogP contribution in [0.25, 0.3) is 5.69 Å². The number of amides is 1. The Morgan fingerprint density at radius 2 is 1.78 bits per heavy atom. The highest BCUT2D eigenvalue weighted by Crippen LogP contribution is 2.17. The Morgan fingerprint density at radius 3 is 2.44 bits per heavy atom. The lowest BCUT2D eigenvalue weighted by atomic mass is 10.1. The molecule has 1 amide bonds. The van der Waals surface area contributed by atoms with Crippen molar-refractivity contribution in [1.29, 1.82) is 0 Å². The van der Waals surface area contributed by atoms with Gasteiger partial charge in [0.2, 0.25) is 5.01 Å². The summed E-state index contributed by atoms with van der Waals surface area (Å²) in [6.07, 6.45) is 2.65. The minimum absolute atomic E-state index is 0.0605. The molecule has 0 saturated heterocycles. The molecule has 4 aromatic rings. The zero-order valence-electron chi connectivity index (χ0n) is 17.6. The summed E-state index contributed by atoms with van der Waals surface area (Å²) >= 11 is 1.08. The van der Waals surface area contributed by atoms with Gasteiger partial charge >= 0.3 is 5.97 Å². The molecule has 9 heteroatoms. The number of benzene rings is 2. The monoisotopic (exact) mass is 447 g/mol. The topological polar surface area (TPSA) is 99.0 Å². The Hall–Kier alpha value is -3.85. The van der Waals surface area contributed by atoms with Crippen molar-refractivity contribution in [3.63, 3.8) is 0 Å². The number of hydrogen-bond acceptors (Lipinski definition) is 7. The van der Waals surface area contributed by atoms with Crippen LogP contribution in [0.1, 0.15) is 43.3 Å². The molecule has 32 heavy (non-hydrogen) atoms. The van der Waals surface area contributed by atoms with E-state index in [9.17, 15) is 9.59 Å². The molecule has 2 aromatic carbocycles. The van der Waals surface area contributed by atoms with Crippen molar-refractivity contribution in [2.24, 2.45) is 0 Å². The van der Waals surface area contributed by atoms with Gasteiger partial charge in [-0.1, -0.05) is 30.4 Å². The Balaban J connectivity index is 1.32. The van der Waals surface area contributed by atoms with Crippen molar-refractivity contribution < 1.29 is 14.3 Å². The first kappa shape index (κ1) is 21.4. The van der Waals surface area contributed by atoms with E-state index in [4.69, 9.17) is 4.74 Å². The summed E-state index contributed by atoms with van der Waals surface area (Å²) in [5, 5.41) is 15.5. The highest BCUT2D eigenvalue weighted by molar-refractivity contribution is 7.13. The fraction of sp³-hybridized carbons (Fsp3) is 0.174. The quantitative estimate of drug-likeness (QED) is 0.426. The minimum atomic E-state index is -0.481. The van der Waals surface area contributed by atoms with Crippen LogP contribution in [0.15, 0.2) is 60.8 Å². The molecular formula is C23H21N5O3S. The summed E-state index contributed by atoms with van der Waals surface area (Å²) in [7, 11) is 0. The Morgan fingerprint density at radius 1 is 1.03 bits per heavy atom. The van der Waals surface area contributed by atoms with Crippen LogP contribution in [-0.4, -0.2) is 31.9 Å². The predicted molar refractivity (Wildman–Crippen MR) is 121 cm³/mol. The fourth-order valence-corrected chi connectivity index (χ4v) is 3.65. The maximum Gasteiger partial charge on any atom is 0.338 e. The van der Waals surface area contributed by atoms with E-state index in [0.29, 0.717) is 16.3 Å². The van der Waals surface area contributed by atoms with Crippen molar-refractivity contribution in [3.8, 4) is 5.69 Å². The van der Waals surface area contributed by atoms with Gasteiger partial charge in [0.1, 0.15) is 6.61 Å². The van der Waals surface area contributed by atoms with Gasteiger partial charge in [0.25, 0.3) is 5.91 Å². The largest absolute Gasteiger partial charge is 0.455 e. The van der Waals surface area contributed by atoms with E-state index in [0.717, 1.165) is 29.1 Å². The summed E-state index contributed by atoms with van der Waals surface area (Å²) in [4.78, 5) is 24.7. The zero-order valence-corrected chi connectivity index (χ0v) is 18.4. The third-order valence-electron chi connectivity index (χ3n) is 4.79. The van der Waals surface area contributed by atoms with Crippen LogP contribution in [0.2, 0.25) is 0 Å². The molecule has 162 valence electrons. The number of esters is 1. The smallest absolute Gasteiger partial charge is 0.338 e. The van der Waals surface area contributed by atoms with Gasteiger partial charge in [-0.3, -0.25) is 4.79 Å². The number of rotatable bonds is 7. The van der Waals surface area contributed by atoms with Gasteiger partial charge in [-0.05, 0) is 61.4 Å². The summed E-state index contributed by atoms with van der Waals surface area (Å²) in [6, 6.07) is 16.5. The molecule has 0 atom stereocenters. The lowest BCUT2D eigenvalue weighted by Gasteiger charge is -2.06. The number of aromatic nitrogens is 4. The third-order valence-corrected chi connectivity index (χ3v) is 5.68. The lowest BCUT2D eigenvalue weighted by Crippen LogP contribution is -2.11. The maximum atomic E-state index is 12.4. The summed E-state index contributed by atoms with van der Waals surface area (Å²) < 4.78 is 7.10. The summed E-state index contributed by atoms with van der Waals surface area (Å²) in [5.41, 5.74) is 4.14. The second-order valence-corrected chi connectivity index (χ2v) is 8.08. The highest BCUT2D eigenvalue weighted by atomic mass is 32.1. The van der Waals surface area contributed by atoms with E-state index < -0.39 is 5.97 Å². The standard InChI is InChI=1S/C23H21N5O3S/c1-3-16-4-8-18(9-5-16)25-21(29)22-27-26-20(32-22)14-31-23(30)17-6-10-19(11-7-17)28-15(2)12-13-24-28/h4-13H,3,14H2,1-2H3,(H,25,29). The van der Waals surface area contributed by atoms with E-state index >= 15 is 0 Å². The summed E-state index contributed by atoms with van der Waals surface area (Å²) in [5.74, 6) is -0.834. The predicted octanol–water partition coefficient (Wildman–Crippen LogP) is 4.20. The number of hydrogen-bond donors (Lipinski definition) is 1. The molecule has 0 bridgehead atoms. The van der Waals surface area contributed by atoms with Crippen LogP contribution in [0.3, 0.4) is 0 Å². The molecule has 0 aliphatic carbocycles. The van der Waals surface area contributed by atoms with E-state index in [1.54, 1.807) is 35.1 Å². The molecule has 2 aromatic heterocycles. The first-order chi connectivity index (χ1) is 15.5. The molecule has 0 spiro atoms. The van der Waals surface area contributed by atoms with Crippen LogP contribution in [0, 0.1) is 6.92 Å². The van der Waals surface area contributed by atoms with Crippen LogP contribution in [0.4, 0.5) is 5.69 Å². The fourth-order valence-electron chi connectivity index (χ4n) is 3.00. The number of aryl methyl sites for hydroxylation is 2. The molecule has 0 fully saturated rings. The molecule has 0 aliphatic heterocycles. The zero-order chi connectivity index (χ0) is 22.5. The van der Waals surface area contributed by atoms with E-state index in [2.05, 4.69) is 27.5 Å². The molecule has 0 radical (unpaired) electrons. The molecule has 2 heterocycles. The summed E-state index contributed by atoms with van der Waals surface area (Å²) in [6.45, 7) is 3.96. The van der Waals surface area contributed by atoms with Crippen LogP contribution in [-0.2, 0) is 17.8 Å². The van der Waals surface area contributed by atoms with Gasteiger partial charge in [-0.25, -0.2) is 9.48 Å². The highest BCUT2D eigenvalue weighted by Gasteiger charge is 2.15. The van der Waals surface area contributed by atoms with Gasteiger partial charge in [-0.15, -0.1) is 10.2 Å². The number of nitrogens with one attached hydrogen (secondary N) is 1. The van der Waals surface area contributed by atoms with E-state index in [-0.39, 0.29) is 17.5 Å². The number of ether oxygens (including phenoxy) is 1. The molecular weight excluding hydrogens is 426 g/mol. The number of anilines is 1. The molecule has 0 unspecified atom stereocenters. The first-order valence-electron chi connectivity index (χ1n) is 10.0. The average Bonchev–Trinajstić information content (AvgIpc) is 3.47. The van der Waals surface area contributed by atoms with Gasteiger partial charge in [-0.2, -0.15) is 5.10 Å². The van der Waals surface area contributed by atoms with E-state index in [1.165, 1.54) is 5.56 Å². The average molecular weight is 448 g/mol. The minimum Gasteiger partial charge on any atom is -0.455 e. The van der Waals surface area contributed by atoms with Gasteiger partial charge in [0, 0.05) is 17.6 Å². The SMILES string of the molecule is CCc1ccc(NC(=O)c2nnc(COC(=O)c3ccc(-n4nccc4C)cc3)s2)cc1. The lowest BCUT2D eigenvalue weighted by molar-refractivity contribution is 0.0471. The molecule has 4 rings (SSSR count). The van der Waals surface area contributed by atoms with Crippen LogP contribution < -0.4 is 5.32 Å². The third kappa shape index (κ3) is 4.89. The Labute approximate surface area is 188 Å². The van der Waals surface area contributed by atoms with Crippen LogP contribution >= 0.6 is 11.3 Å². The number of carbonyl (C=O) groups excluding carboxylic acids is 2. The number of nitrogens with zero attached hydrogens (tertiary/aromatic N) is 4. The second-order valence-electron chi connectivity index (χ2n) is 7.01. The van der Waals surface area contributed by atoms with Gasteiger partial charge in [0.15, 0.2) is 5.01 Å². The van der Waals surface area contributed by atoms with Crippen molar-refractivity contribution in [2.45, 2.75) is 26.9 Å². The molecule has 0 saturated carbocycles. The van der Waals surface area contributed by atoms with Crippen molar-refractivity contribution in [2.75, 3.05) is 5.32 Å². The van der Waals surface area contributed by atoms with Gasteiger partial charge in [0.05, 0.1) is 11.3 Å². The number of carbonyl (C=O) groups is 2. The van der Waals surface area contributed by atoms with E-state index in [1.807, 2.05) is 37.3 Å². The molecule has 1 N–H and O–H groups in total. The van der Waals surface area contributed by atoms with Crippen molar-refractivity contribution in [3.05, 3.63) is 87.6 Å². The van der Waals surface area contributed by atoms with Gasteiger partial charge < -0.3 is 10.1 Å². The van der Waals surface area contributed by atoms with Crippen LogP contribution in [0.5, 0.6) is 0 Å².